The van der Waals surface area contributed by atoms with Gasteiger partial charge in [-0.15, -0.1) is 0 Å². The number of piperidine rings is 1. The van der Waals surface area contributed by atoms with Crippen LogP contribution in [0.4, 0.5) is 9.59 Å². The van der Waals surface area contributed by atoms with Crippen molar-refractivity contribution in [2.24, 2.45) is 5.92 Å². The van der Waals surface area contributed by atoms with Crippen molar-refractivity contribution >= 4 is 18.2 Å². The Morgan fingerprint density at radius 2 is 1.81 bits per heavy atom. The van der Waals surface area contributed by atoms with Crippen molar-refractivity contribution in [3.05, 3.63) is 35.9 Å². The summed E-state index contributed by atoms with van der Waals surface area (Å²) in [5.74, 6) is -0.798. The summed E-state index contributed by atoms with van der Waals surface area (Å²) in [4.78, 5) is 37.1. The van der Waals surface area contributed by atoms with Gasteiger partial charge in [0.15, 0.2) is 6.04 Å². The minimum atomic E-state index is -1.18. The number of nitrogens with one attached hydrogen (secondary N) is 1. The lowest BCUT2D eigenvalue weighted by atomic mass is 9.94. The molecule has 1 atom stereocenters. The van der Waals surface area contributed by atoms with E-state index in [4.69, 9.17) is 14.2 Å². The van der Waals surface area contributed by atoms with Crippen LogP contribution in [0, 0.1) is 5.92 Å². The molecule has 0 radical (unpaired) electrons. The molecule has 0 spiro atoms. The van der Waals surface area contributed by atoms with E-state index in [2.05, 4.69) is 5.32 Å². The fourth-order valence-electron chi connectivity index (χ4n) is 3.29. The van der Waals surface area contributed by atoms with E-state index in [0.717, 1.165) is 24.8 Å². The van der Waals surface area contributed by atoms with E-state index in [1.165, 1.54) is 0 Å². The summed E-state index contributed by atoms with van der Waals surface area (Å²) in [7, 11) is 0. The topological polar surface area (TPSA) is 114 Å². The zero-order valence-corrected chi connectivity index (χ0v) is 19.0. The number of benzene rings is 1. The smallest absolute Gasteiger partial charge is 0.410 e. The lowest BCUT2D eigenvalue weighted by Crippen LogP contribution is -2.46. The van der Waals surface area contributed by atoms with Gasteiger partial charge in [0.1, 0.15) is 12.2 Å². The molecule has 1 fully saturated rings. The van der Waals surface area contributed by atoms with Crippen LogP contribution >= 0.6 is 0 Å². The Balaban J connectivity index is 1.62. The predicted octanol–water partition coefficient (Wildman–Crippen LogP) is 3.42. The Hall–Kier alpha value is -2.81. The molecule has 0 aliphatic carbocycles. The van der Waals surface area contributed by atoms with E-state index in [9.17, 15) is 19.5 Å². The summed E-state index contributed by atoms with van der Waals surface area (Å²) < 4.78 is 16.0. The van der Waals surface area contributed by atoms with Crippen LogP contribution in [0.3, 0.4) is 0 Å². The quantitative estimate of drug-likeness (QED) is 0.554. The van der Waals surface area contributed by atoms with E-state index in [1.807, 2.05) is 30.3 Å². The number of aliphatic carboxylic acids is 1. The molecular weight excluding hydrogens is 416 g/mol. The van der Waals surface area contributed by atoms with Gasteiger partial charge in [0.2, 0.25) is 0 Å². The van der Waals surface area contributed by atoms with E-state index in [-0.39, 0.29) is 19.3 Å². The highest BCUT2D eigenvalue weighted by molar-refractivity contribution is 5.80. The van der Waals surface area contributed by atoms with E-state index < -0.39 is 23.7 Å². The monoisotopic (exact) mass is 450 g/mol. The number of carboxylic acid groups (broad SMARTS) is 1. The fourth-order valence-corrected chi connectivity index (χ4v) is 3.29. The molecule has 0 aromatic heterocycles. The molecule has 2 N–H and O–H groups in total. The van der Waals surface area contributed by atoms with Crippen LogP contribution in [-0.4, -0.2) is 66.1 Å². The second-order valence-electron chi connectivity index (χ2n) is 8.87. The van der Waals surface area contributed by atoms with E-state index in [1.54, 1.807) is 25.7 Å². The van der Waals surface area contributed by atoms with Crippen LogP contribution in [0.1, 0.15) is 45.6 Å². The maximum Gasteiger partial charge on any atom is 0.410 e. The van der Waals surface area contributed by atoms with Gasteiger partial charge < -0.3 is 29.5 Å². The number of carbonyl (C=O) groups excluding carboxylic acids is 2. The highest BCUT2D eigenvalue weighted by Gasteiger charge is 2.26. The van der Waals surface area contributed by atoms with Crippen molar-refractivity contribution in [2.75, 3.05) is 26.3 Å². The van der Waals surface area contributed by atoms with Crippen LogP contribution in [0.2, 0.25) is 0 Å². The molecule has 1 heterocycles. The highest BCUT2D eigenvalue weighted by atomic mass is 16.6. The number of hydrogen-bond donors (Lipinski definition) is 2. The number of carboxylic acids is 1. The lowest BCUT2D eigenvalue weighted by Gasteiger charge is -2.31. The molecule has 178 valence electrons. The Labute approximate surface area is 189 Å². The fraction of sp³-hybridized carbons (Fsp3) is 0.609. The molecular formula is C23H34N2O7. The molecule has 2 rings (SSSR count). The first-order valence-corrected chi connectivity index (χ1v) is 10.9. The van der Waals surface area contributed by atoms with E-state index in [0.29, 0.717) is 25.6 Å². The summed E-state index contributed by atoms with van der Waals surface area (Å²) in [5.41, 5.74) is 0.241. The number of nitrogens with zero attached hydrogens (tertiary/aromatic N) is 1. The maximum absolute atomic E-state index is 12.2. The number of carbonyl (C=O) groups is 3. The van der Waals surface area contributed by atoms with Crippen LogP contribution in [-0.2, 0) is 25.6 Å². The van der Waals surface area contributed by atoms with E-state index >= 15 is 0 Å². The van der Waals surface area contributed by atoms with Crippen LogP contribution < -0.4 is 5.32 Å². The SMILES string of the molecule is CC(C)(C)OC(=O)N[C@@H](COCCC1CCN(C(=O)OCc2ccccc2)CC1)C(=O)O. The largest absolute Gasteiger partial charge is 0.480 e. The van der Waals surface area contributed by atoms with Gasteiger partial charge in [-0.05, 0) is 51.5 Å². The molecule has 2 amide bonds. The van der Waals surface area contributed by atoms with Crippen LogP contribution in [0.5, 0.6) is 0 Å². The van der Waals surface area contributed by atoms with Crippen molar-refractivity contribution < 1.29 is 33.7 Å². The third kappa shape index (κ3) is 9.55. The first kappa shape index (κ1) is 25.5. The Morgan fingerprint density at radius 3 is 2.41 bits per heavy atom. The summed E-state index contributed by atoms with van der Waals surface area (Å²) >= 11 is 0. The second kappa shape index (κ2) is 12.3. The minimum Gasteiger partial charge on any atom is -0.480 e. The van der Waals surface area contributed by atoms with Gasteiger partial charge in [-0.3, -0.25) is 0 Å². The normalized spacial score (nSPS) is 15.7. The summed E-state index contributed by atoms with van der Waals surface area (Å²) in [6, 6.07) is 8.38. The number of amides is 2. The van der Waals surface area contributed by atoms with Gasteiger partial charge >= 0.3 is 18.2 Å². The molecule has 1 aliphatic rings. The molecule has 32 heavy (non-hydrogen) atoms. The number of rotatable bonds is 9. The lowest BCUT2D eigenvalue weighted by molar-refractivity contribution is -0.141. The maximum atomic E-state index is 12.2. The number of alkyl carbamates (subject to hydrolysis) is 1. The molecule has 0 bridgehead atoms. The van der Waals surface area contributed by atoms with Gasteiger partial charge in [-0.25, -0.2) is 14.4 Å². The Bertz CT molecular complexity index is 740. The second-order valence-corrected chi connectivity index (χ2v) is 8.87. The van der Waals surface area contributed by atoms with Crippen molar-refractivity contribution in [1.82, 2.24) is 10.2 Å². The third-order valence-electron chi connectivity index (χ3n) is 5.02. The molecule has 9 heteroatoms. The minimum absolute atomic E-state index is 0.140. The first-order valence-electron chi connectivity index (χ1n) is 10.9. The zero-order chi connectivity index (χ0) is 23.6. The average Bonchev–Trinajstić information content (AvgIpc) is 2.74. The number of ether oxygens (including phenoxy) is 3. The average molecular weight is 451 g/mol. The molecule has 0 unspecified atom stereocenters. The molecule has 0 saturated carbocycles. The number of hydrogen-bond acceptors (Lipinski definition) is 6. The third-order valence-corrected chi connectivity index (χ3v) is 5.02. The van der Waals surface area contributed by atoms with Gasteiger partial charge in [0.25, 0.3) is 0 Å². The van der Waals surface area contributed by atoms with Gasteiger partial charge in [0, 0.05) is 19.7 Å². The number of likely N-dealkylation sites (tertiary alicyclic amines) is 1. The molecule has 9 nitrogen and oxygen atoms in total. The molecule has 1 aromatic rings. The van der Waals surface area contributed by atoms with Crippen LogP contribution in [0.25, 0.3) is 0 Å². The van der Waals surface area contributed by atoms with Crippen LogP contribution in [0.15, 0.2) is 30.3 Å². The molecule has 1 aliphatic heterocycles. The van der Waals surface area contributed by atoms with Gasteiger partial charge in [0.05, 0.1) is 6.61 Å². The Morgan fingerprint density at radius 1 is 1.16 bits per heavy atom. The molecule has 1 saturated heterocycles. The highest BCUT2D eigenvalue weighted by Crippen LogP contribution is 2.21. The van der Waals surface area contributed by atoms with Crippen molar-refractivity contribution in [3.8, 4) is 0 Å². The zero-order valence-electron chi connectivity index (χ0n) is 19.0. The first-order chi connectivity index (χ1) is 15.1. The van der Waals surface area contributed by atoms with Crippen molar-refractivity contribution in [3.63, 3.8) is 0 Å². The van der Waals surface area contributed by atoms with Gasteiger partial charge in [-0.1, -0.05) is 30.3 Å². The van der Waals surface area contributed by atoms with Crippen molar-refractivity contribution in [1.29, 1.82) is 0 Å². The predicted molar refractivity (Wildman–Crippen MR) is 117 cm³/mol. The van der Waals surface area contributed by atoms with Gasteiger partial charge in [-0.2, -0.15) is 0 Å². The Kier molecular flexibility index (Phi) is 9.77. The summed E-state index contributed by atoms with van der Waals surface area (Å²) in [6.07, 6.45) is 1.33. The summed E-state index contributed by atoms with van der Waals surface area (Å²) in [5, 5.41) is 11.6. The molecule has 1 aromatic carbocycles. The van der Waals surface area contributed by atoms with Crippen molar-refractivity contribution in [2.45, 2.75) is 58.3 Å². The summed E-state index contributed by atoms with van der Waals surface area (Å²) in [6.45, 7) is 6.84. The standard InChI is InChI=1S/C23H34N2O7/c1-23(2,3)32-21(28)24-19(20(26)27)16-30-14-11-17-9-12-25(13-10-17)22(29)31-15-18-7-5-4-6-8-18/h4-8,17,19H,9-16H2,1-3H3,(H,24,28)(H,26,27)/t19-/m0/s1.